The molecule has 0 bridgehead atoms. The number of aliphatic imine (C=N–C) groups is 1. The molecule has 0 amide bonds. The number of guanidine groups is 1. The molecule has 0 unspecified atom stereocenters. The summed E-state index contributed by atoms with van der Waals surface area (Å²) in [6.45, 7) is 8.25. The van der Waals surface area contributed by atoms with E-state index in [-0.39, 0.29) is 24.0 Å². The van der Waals surface area contributed by atoms with Gasteiger partial charge in [-0.2, -0.15) is 0 Å². The number of rotatable bonds is 7. The SMILES string of the molecule is CCNC(=NCc1sc(C)nc1C)N(C)Cc1ccc(OC)cc1OC.I. The number of hydrogen-bond donors (Lipinski definition) is 1. The number of thiazole rings is 1. The smallest absolute Gasteiger partial charge is 0.194 e. The average Bonchev–Trinajstić information content (AvgIpc) is 2.96. The largest absolute Gasteiger partial charge is 0.497 e. The van der Waals surface area contributed by atoms with E-state index in [1.54, 1.807) is 25.6 Å². The second-order valence-electron chi connectivity index (χ2n) is 5.95. The van der Waals surface area contributed by atoms with Crippen LogP contribution in [-0.4, -0.2) is 43.7 Å². The Bertz CT molecular complexity index is 764. The molecule has 8 heteroatoms. The zero-order chi connectivity index (χ0) is 19.1. The Hall–Kier alpha value is -1.55. The highest BCUT2D eigenvalue weighted by molar-refractivity contribution is 14.0. The van der Waals surface area contributed by atoms with Gasteiger partial charge in [-0.05, 0) is 32.9 Å². The van der Waals surface area contributed by atoms with Crippen molar-refractivity contribution in [1.29, 1.82) is 0 Å². The number of benzene rings is 1. The third-order valence-electron chi connectivity index (χ3n) is 3.97. The van der Waals surface area contributed by atoms with Crippen LogP contribution in [0.25, 0.3) is 0 Å². The lowest BCUT2D eigenvalue weighted by Crippen LogP contribution is -2.38. The van der Waals surface area contributed by atoms with Gasteiger partial charge in [0.25, 0.3) is 0 Å². The Balaban J connectivity index is 0.00000364. The number of ether oxygens (including phenoxy) is 2. The maximum Gasteiger partial charge on any atom is 0.194 e. The fourth-order valence-corrected chi connectivity index (χ4v) is 3.51. The standard InChI is InChI=1S/C19H28N4O2S.HI/c1-7-20-19(21-11-18-13(2)22-14(3)26-18)23(4)12-15-8-9-16(24-5)10-17(15)25-6;/h8-10H,7,11-12H2,1-6H3,(H,20,21);1H. The van der Waals surface area contributed by atoms with Gasteiger partial charge in [-0.3, -0.25) is 0 Å². The van der Waals surface area contributed by atoms with Crippen molar-refractivity contribution in [3.8, 4) is 11.5 Å². The molecule has 1 aromatic carbocycles. The number of nitrogens with one attached hydrogen (secondary N) is 1. The van der Waals surface area contributed by atoms with E-state index in [9.17, 15) is 0 Å². The molecular weight excluding hydrogens is 475 g/mol. The first-order valence-electron chi connectivity index (χ1n) is 8.61. The fraction of sp³-hybridized carbons (Fsp3) is 0.474. The lowest BCUT2D eigenvalue weighted by atomic mass is 10.2. The van der Waals surface area contributed by atoms with E-state index in [2.05, 4.69) is 22.1 Å². The maximum absolute atomic E-state index is 5.50. The summed E-state index contributed by atoms with van der Waals surface area (Å²) < 4.78 is 10.8. The predicted octanol–water partition coefficient (Wildman–Crippen LogP) is 3.99. The van der Waals surface area contributed by atoms with Crippen LogP contribution in [0.5, 0.6) is 11.5 Å². The molecule has 0 saturated carbocycles. The summed E-state index contributed by atoms with van der Waals surface area (Å²) in [6, 6.07) is 5.87. The highest BCUT2D eigenvalue weighted by Crippen LogP contribution is 2.25. The van der Waals surface area contributed by atoms with Crippen LogP contribution in [0.2, 0.25) is 0 Å². The van der Waals surface area contributed by atoms with Gasteiger partial charge in [0.05, 0.1) is 31.5 Å². The van der Waals surface area contributed by atoms with Gasteiger partial charge in [0, 0.05) is 36.6 Å². The van der Waals surface area contributed by atoms with Crippen LogP contribution in [0.1, 0.15) is 28.1 Å². The predicted molar refractivity (Wildman–Crippen MR) is 123 cm³/mol. The van der Waals surface area contributed by atoms with Crippen LogP contribution in [0.4, 0.5) is 0 Å². The summed E-state index contributed by atoms with van der Waals surface area (Å²) in [5, 5.41) is 4.43. The highest BCUT2D eigenvalue weighted by atomic mass is 127. The van der Waals surface area contributed by atoms with E-state index in [4.69, 9.17) is 14.5 Å². The Morgan fingerprint density at radius 3 is 2.56 bits per heavy atom. The Kier molecular flexibility index (Phi) is 9.86. The quantitative estimate of drug-likeness (QED) is 0.351. The van der Waals surface area contributed by atoms with Crippen LogP contribution in [-0.2, 0) is 13.1 Å². The molecule has 0 aliphatic carbocycles. The number of aromatic nitrogens is 1. The van der Waals surface area contributed by atoms with Crippen molar-refractivity contribution in [2.45, 2.75) is 33.9 Å². The molecule has 1 heterocycles. The Morgan fingerprint density at radius 1 is 1.26 bits per heavy atom. The van der Waals surface area contributed by atoms with Gasteiger partial charge >= 0.3 is 0 Å². The van der Waals surface area contributed by atoms with Gasteiger partial charge in [0.2, 0.25) is 0 Å². The van der Waals surface area contributed by atoms with Gasteiger partial charge in [-0.25, -0.2) is 9.98 Å². The van der Waals surface area contributed by atoms with Crippen LogP contribution in [0.3, 0.4) is 0 Å². The van der Waals surface area contributed by atoms with E-state index in [1.807, 2.05) is 39.1 Å². The molecule has 0 saturated heterocycles. The third kappa shape index (κ3) is 6.53. The lowest BCUT2D eigenvalue weighted by Gasteiger charge is -2.23. The van der Waals surface area contributed by atoms with E-state index < -0.39 is 0 Å². The van der Waals surface area contributed by atoms with Gasteiger partial charge in [0.1, 0.15) is 11.5 Å². The normalized spacial score (nSPS) is 11.0. The van der Waals surface area contributed by atoms with E-state index in [0.29, 0.717) is 13.1 Å². The average molecular weight is 504 g/mol. The van der Waals surface area contributed by atoms with Crippen molar-refractivity contribution in [1.82, 2.24) is 15.2 Å². The van der Waals surface area contributed by atoms with Crippen molar-refractivity contribution < 1.29 is 9.47 Å². The molecule has 0 spiro atoms. The number of nitrogens with zero attached hydrogens (tertiary/aromatic N) is 3. The molecular formula is C19H29IN4O2S. The molecule has 0 aliphatic rings. The third-order valence-corrected chi connectivity index (χ3v) is 5.03. The molecule has 0 radical (unpaired) electrons. The topological polar surface area (TPSA) is 59.0 Å². The van der Waals surface area contributed by atoms with E-state index >= 15 is 0 Å². The van der Waals surface area contributed by atoms with Crippen molar-refractivity contribution in [2.24, 2.45) is 4.99 Å². The number of methoxy groups -OCH3 is 2. The molecule has 0 atom stereocenters. The lowest BCUT2D eigenvalue weighted by molar-refractivity contribution is 0.382. The number of halogens is 1. The van der Waals surface area contributed by atoms with Crippen molar-refractivity contribution >= 4 is 41.3 Å². The molecule has 1 N–H and O–H groups in total. The van der Waals surface area contributed by atoms with Gasteiger partial charge in [-0.15, -0.1) is 35.3 Å². The van der Waals surface area contributed by atoms with Crippen molar-refractivity contribution in [3.63, 3.8) is 0 Å². The first-order valence-corrected chi connectivity index (χ1v) is 9.43. The minimum Gasteiger partial charge on any atom is -0.497 e. The molecule has 27 heavy (non-hydrogen) atoms. The summed E-state index contributed by atoms with van der Waals surface area (Å²) in [7, 11) is 5.35. The van der Waals surface area contributed by atoms with Gasteiger partial charge in [0.15, 0.2) is 5.96 Å². The second kappa shape index (κ2) is 11.3. The summed E-state index contributed by atoms with van der Waals surface area (Å²) in [4.78, 5) is 12.5. The second-order valence-corrected chi connectivity index (χ2v) is 7.23. The molecule has 150 valence electrons. The molecule has 1 aromatic heterocycles. The van der Waals surface area contributed by atoms with Crippen LogP contribution >= 0.6 is 35.3 Å². The summed E-state index contributed by atoms with van der Waals surface area (Å²) in [5.41, 5.74) is 2.14. The van der Waals surface area contributed by atoms with Crippen molar-refractivity contribution in [2.75, 3.05) is 27.8 Å². The molecule has 0 aliphatic heterocycles. The first-order chi connectivity index (χ1) is 12.5. The zero-order valence-corrected chi connectivity index (χ0v) is 20.0. The van der Waals surface area contributed by atoms with E-state index in [0.717, 1.165) is 40.3 Å². The number of aryl methyl sites for hydroxylation is 2. The van der Waals surface area contributed by atoms with Gasteiger partial charge < -0.3 is 19.7 Å². The summed E-state index contributed by atoms with van der Waals surface area (Å²) in [5.74, 6) is 2.45. The molecule has 2 rings (SSSR count). The molecule has 6 nitrogen and oxygen atoms in total. The minimum atomic E-state index is 0. The van der Waals surface area contributed by atoms with Gasteiger partial charge in [-0.1, -0.05) is 0 Å². The van der Waals surface area contributed by atoms with Crippen LogP contribution < -0.4 is 14.8 Å². The Morgan fingerprint density at radius 2 is 2.00 bits per heavy atom. The zero-order valence-electron chi connectivity index (χ0n) is 16.8. The summed E-state index contributed by atoms with van der Waals surface area (Å²) >= 11 is 1.70. The van der Waals surface area contributed by atoms with Crippen molar-refractivity contribution in [3.05, 3.63) is 39.3 Å². The Labute approximate surface area is 183 Å². The monoisotopic (exact) mass is 504 g/mol. The molecule has 2 aromatic rings. The molecule has 0 fully saturated rings. The number of hydrogen-bond acceptors (Lipinski definition) is 5. The van der Waals surface area contributed by atoms with Crippen LogP contribution in [0, 0.1) is 13.8 Å². The van der Waals surface area contributed by atoms with Crippen LogP contribution in [0.15, 0.2) is 23.2 Å². The van der Waals surface area contributed by atoms with E-state index in [1.165, 1.54) is 4.88 Å². The fourth-order valence-electron chi connectivity index (χ4n) is 2.65. The maximum atomic E-state index is 5.50. The first kappa shape index (κ1) is 23.5. The minimum absolute atomic E-state index is 0. The summed E-state index contributed by atoms with van der Waals surface area (Å²) in [6.07, 6.45) is 0. The highest BCUT2D eigenvalue weighted by Gasteiger charge is 2.12.